The van der Waals surface area contributed by atoms with E-state index in [1.807, 2.05) is 18.6 Å². The maximum Gasteiger partial charge on any atom is 0.161 e. The summed E-state index contributed by atoms with van der Waals surface area (Å²) >= 11 is 0. The molecule has 4 aliphatic carbocycles. The SMILES string of the molecule is COc1cc(C=C2C[C@H]3[C@@H]4CC=C5C[C@@H](O)C[C@@H](O)[C@]5(C)[C@H]4CC[C@]3(C)C2)ccc1OCCCn1ccnc1. The normalized spacial score (nSPS) is 36.6. The van der Waals surface area contributed by atoms with Gasteiger partial charge in [0.15, 0.2) is 11.5 Å². The number of aliphatic hydroxyl groups is 2. The molecule has 0 bridgehead atoms. The quantitative estimate of drug-likeness (QED) is 0.336. The second-order valence-corrected chi connectivity index (χ2v) is 13.0. The van der Waals surface area contributed by atoms with E-state index in [-0.39, 0.29) is 5.41 Å². The molecule has 0 saturated heterocycles. The van der Waals surface area contributed by atoms with Gasteiger partial charge in [-0.1, -0.05) is 43.2 Å². The van der Waals surface area contributed by atoms with Crippen molar-refractivity contribution in [2.75, 3.05) is 13.7 Å². The zero-order chi connectivity index (χ0) is 27.2. The van der Waals surface area contributed by atoms with Gasteiger partial charge < -0.3 is 24.3 Å². The molecule has 0 spiro atoms. The van der Waals surface area contributed by atoms with E-state index in [1.54, 1.807) is 13.3 Å². The summed E-state index contributed by atoms with van der Waals surface area (Å²) in [6, 6.07) is 6.29. The van der Waals surface area contributed by atoms with Crippen molar-refractivity contribution >= 4 is 6.08 Å². The molecular weight excluding hydrogens is 488 g/mol. The van der Waals surface area contributed by atoms with Crippen molar-refractivity contribution in [2.45, 2.75) is 84.0 Å². The summed E-state index contributed by atoms with van der Waals surface area (Å²) in [7, 11) is 1.71. The van der Waals surface area contributed by atoms with Crippen LogP contribution in [-0.4, -0.2) is 45.7 Å². The van der Waals surface area contributed by atoms with Gasteiger partial charge in [0.05, 0.1) is 32.3 Å². The lowest BCUT2D eigenvalue weighted by Crippen LogP contribution is -2.54. The number of aliphatic hydroxyl groups excluding tert-OH is 2. The van der Waals surface area contributed by atoms with Crippen LogP contribution in [0.25, 0.3) is 6.08 Å². The minimum absolute atomic E-state index is 0.183. The van der Waals surface area contributed by atoms with E-state index >= 15 is 0 Å². The highest BCUT2D eigenvalue weighted by Gasteiger charge is 2.58. The Morgan fingerprint density at radius 1 is 1.15 bits per heavy atom. The van der Waals surface area contributed by atoms with Crippen molar-refractivity contribution in [3.8, 4) is 11.5 Å². The van der Waals surface area contributed by atoms with E-state index in [1.165, 1.54) is 29.6 Å². The van der Waals surface area contributed by atoms with E-state index in [9.17, 15) is 10.2 Å². The Balaban J connectivity index is 1.15. The molecule has 210 valence electrons. The van der Waals surface area contributed by atoms with Gasteiger partial charge in [0, 0.05) is 30.8 Å². The molecule has 6 rings (SSSR count). The molecule has 4 aliphatic rings. The van der Waals surface area contributed by atoms with Crippen LogP contribution in [0, 0.1) is 28.6 Å². The lowest BCUT2D eigenvalue weighted by molar-refractivity contribution is -0.0992. The van der Waals surface area contributed by atoms with E-state index < -0.39 is 12.2 Å². The van der Waals surface area contributed by atoms with E-state index in [0.717, 1.165) is 50.1 Å². The molecule has 3 saturated carbocycles. The van der Waals surface area contributed by atoms with Gasteiger partial charge in [-0.2, -0.15) is 0 Å². The van der Waals surface area contributed by atoms with Crippen molar-refractivity contribution in [2.24, 2.45) is 28.6 Å². The summed E-state index contributed by atoms with van der Waals surface area (Å²) in [6.07, 6.45) is 17.4. The number of nitrogens with zero attached hydrogens (tertiary/aromatic N) is 2. The molecule has 0 unspecified atom stereocenters. The van der Waals surface area contributed by atoms with Crippen molar-refractivity contribution in [3.63, 3.8) is 0 Å². The summed E-state index contributed by atoms with van der Waals surface area (Å²) in [4.78, 5) is 4.09. The zero-order valence-electron chi connectivity index (χ0n) is 23.7. The molecule has 6 heteroatoms. The molecule has 1 aromatic carbocycles. The van der Waals surface area contributed by atoms with Crippen LogP contribution < -0.4 is 9.47 Å². The van der Waals surface area contributed by atoms with Crippen LogP contribution >= 0.6 is 0 Å². The number of aromatic nitrogens is 2. The molecule has 0 aliphatic heterocycles. The minimum atomic E-state index is -0.444. The predicted molar refractivity (Wildman–Crippen MR) is 152 cm³/mol. The Bertz CT molecular complexity index is 1240. The number of aryl methyl sites for hydroxylation is 1. The smallest absolute Gasteiger partial charge is 0.161 e. The molecule has 7 atom stereocenters. The topological polar surface area (TPSA) is 76.7 Å². The van der Waals surface area contributed by atoms with Gasteiger partial charge in [0.1, 0.15) is 0 Å². The molecule has 3 fully saturated rings. The van der Waals surface area contributed by atoms with Crippen LogP contribution in [0.4, 0.5) is 0 Å². The summed E-state index contributed by atoms with van der Waals surface area (Å²) < 4.78 is 13.8. The van der Waals surface area contributed by atoms with Crippen molar-refractivity contribution < 1.29 is 19.7 Å². The van der Waals surface area contributed by atoms with E-state index in [2.05, 4.69) is 47.7 Å². The van der Waals surface area contributed by atoms with Gasteiger partial charge in [0.2, 0.25) is 0 Å². The van der Waals surface area contributed by atoms with Crippen molar-refractivity contribution in [1.82, 2.24) is 9.55 Å². The summed E-state index contributed by atoms with van der Waals surface area (Å²) in [5.41, 5.74) is 4.14. The third-order valence-corrected chi connectivity index (χ3v) is 10.7. The Kier molecular flexibility index (Phi) is 7.13. The highest BCUT2D eigenvalue weighted by molar-refractivity contribution is 5.59. The Morgan fingerprint density at radius 2 is 2.03 bits per heavy atom. The molecular formula is C33H44N2O4. The average Bonchev–Trinajstić information content (AvgIpc) is 3.55. The third-order valence-electron chi connectivity index (χ3n) is 10.7. The number of rotatable bonds is 7. The first kappa shape index (κ1) is 26.6. The molecule has 1 aromatic heterocycles. The third kappa shape index (κ3) is 4.84. The molecule has 1 heterocycles. The molecule has 6 nitrogen and oxygen atoms in total. The second kappa shape index (κ2) is 10.4. The van der Waals surface area contributed by atoms with Crippen LogP contribution in [0.1, 0.15) is 70.8 Å². The monoisotopic (exact) mass is 532 g/mol. The van der Waals surface area contributed by atoms with E-state index in [4.69, 9.17) is 9.47 Å². The Labute approximate surface area is 232 Å². The fraction of sp³-hybridized carbons (Fsp3) is 0.606. The number of fused-ring (bicyclic) bond motifs is 5. The first-order valence-corrected chi connectivity index (χ1v) is 14.8. The van der Waals surface area contributed by atoms with Crippen LogP contribution in [-0.2, 0) is 6.54 Å². The number of methoxy groups -OCH3 is 1. The molecule has 39 heavy (non-hydrogen) atoms. The minimum Gasteiger partial charge on any atom is -0.493 e. The van der Waals surface area contributed by atoms with Gasteiger partial charge in [-0.3, -0.25) is 0 Å². The van der Waals surface area contributed by atoms with Crippen LogP contribution in [0.15, 0.2) is 54.1 Å². The van der Waals surface area contributed by atoms with E-state index in [0.29, 0.717) is 36.2 Å². The van der Waals surface area contributed by atoms with Crippen LogP contribution in [0.2, 0.25) is 0 Å². The number of hydrogen-bond donors (Lipinski definition) is 2. The maximum atomic E-state index is 11.2. The first-order valence-electron chi connectivity index (χ1n) is 14.8. The lowest BCUT2D eigenvalue weighted by atomic mass is 9.47. The molecule has 0 radical (unpaired) electrons. The second-order valence-electron chi connectivity index (χ2n) is 13.0. The number of ether oxygens (including phenoxy) is 2. The summed E-state index contributed by atoms with van der Waals surface area (Å²) in [5, 5.41) is 21.5. The first-order chi connectivity index (χ1) is 18.8. The van der Waals surface area contributed by atoms with Crippen molar-refractivity contribution in [3.05, 3.63) is 59.7 Å². The largest absolute Gasteiger partial charge is 0.493 e. The maximum absolute atomic E-state index is 11.2. The Hall–Kier alpha value is -2.57. The standard InChI is InChI=1S/C33H44N2O4/c1-32-10-9-27-26(7-6-24-18-25(36)19-31(37)33(24,27)2)28(32)16-23(20-32)15-22-5-8-29(30(17-22)38-3)39-14-4-12-35-13-11-34-21-35/h5-6,8,11,13,15,17,21,25-28,31,36-37H,4,7,9-10,12,14,16,18-20H2,1-3H3/t25-,26-,27+,28+,31-,32-,33+/m1/s1. The van der Waals surface area contributed by atoms with Crippen LogP contribution in [0.5, 0.6) is 11.5 Å². The average molecular weight is 533 g/mol. The van der Waals surface area contributed by atoms with Gasteiger partial charge >= 0.3 is 0 Å². The number of allylic oxidation sites excluding steroid dienone is 2. The fourth-order valence-corrected chi connectivity index (χ4v) is 8.67. The van der Waals surface area contributed by atoms with Gasteiger partial charge in [-0.15, -0.1) is 0 Å². The highest BCUT2D eigenvalue weighted by atomic mass is 16.5. The zero-order valence-corrected chi connectivity index (χ0v) is 23.7. The highest BCUT2D eigenvalue weighted by Crippen LogP contribution is 2.65. The van der Waals surface area contributed by atoms with Gasteiger partial charge in [-0.25, -0.2) is 4.98 Å². The number of hydrogen-bond acceptors (Lipinski definition) is 5. The summed E-state index contributed by atoms with van der Waals surface area (Å²) in [6.45, 7) is 6.29. The van der Waals surface area contributed by atoms with Gasteiger partial charge in [-0.05, 0) is 85.8 Å². The van der Waals surface area contributed by atoms with Gasteiger partial charge in [0.25, 0.3) is 0 Å². The number of benzene rings is 1. The lowest BCUT2D eigenvalue weighted by Gasteiger charge is -2.58. The molecule has 0 amide bonds. The molecule has 2 aromatic rings. The van der Waals surface area contributed by atoms with Crippen LogP contribution in [0.3, 0.4) is 0 Å². The summed E-state index contributed by atoms with van der Waals surface area (Å²) in [5.74, 6) is 3.30. The Morgan fingerprint density at radius 3 is 2.82 bits per heavy atom. The van der Waals surface area contributed by atoms with Crippen molar-refractivity contribution in [1.29, 1.82) is 0 Å². The predicted octanol–water partition coefficient (Wildman–Crippen LogP) is 6.04. The molecule has 2 N–H and O–H groups in total. The fourth-order valence-electron chi connectivity index (χ4n) is 8.67. The number of imidazole rings is 1.